The third-order valence-electron chi connectivity index (χ3n) is 2.99. The Hall–Kier alpha value is -1.59. The number of carbonyl (C=O) groups excluding carboxylic acids is 2. The fraction of sp³-hybridized carbons (Fsp3) is 0.818. The van der Waals surface area contributed by atoms with Crippen molar-refractivity contribution in [3.63, 3.8) is 0 Å². The summed E-state index contributed by atoms with van der Waals surface area (Å²) in [6.07, 6.45) is 0.658. The molecule has 1 unspecified atom stereocenters. The van der Waals surface area contributed by atoms with E-state index in [4.69, 9.17) is 19.1 Å². The molecule has 0 aliphatic carbocycles. The first-order valence-corrected chi connectivity index (χ1v) is 8.45. The Kier molecular flexibility index (Phi) is 6.84. The zero-order valence-electron chi connectivity index (χ0n) is 12.2. The van der Waals surface area contributed by atoms with Gasteiger partial charge in [0.25, 0.3) is 10.1 Å². The summed E-state index contributed by atoms with van der Waals surface area (Å²) in [6, 6.07) is -0.0666. The summed E-state index contributed by atoms with van der Waals surface area (Å²) in [4.78, 5) is 25.6. The molecular weight excluding hydrogens is 320 g/mol. The lowest BCUT2D eigenvalue weighted by Gasteiger charge is -2.22. The highest BCUT2D eigenvalue weighted by atomic mass is 32.2. The number of nitrogens with zero attached hydrogens (tertiary/aromatic N) is 2. The molecule has 0 bridgehead atoms. The third-order valence-corrected chi connectivity index (χ3v) is 2.99. The fourth-order valence-corrected chi connectivity index (χ4v) is 2.04. The van der Waals surface area contributed by atoms with Crippen molar-refractivity contribution in [2.45, 2.75) is 12.5 Å². The van der Waals surface area contributed by atoms with Crippen LogP contribution in [0.25, 0.3) is 0 Å². The minimum absolute atomic E-state index is 0.0666. The summed E-state index contributed by atoms with van der Waals surface area (Å²) < 4.78 is 35.6. The van der Waals surface area contributed by atoms with Crippen LogP contribution >= 0.6 is 0 Å². The maximum absolute atomic E-state index is 11.3. The van der Waals surface area contributed by atoms with Crippen LogP contribution in [-0.2, 0) is 19.6 Å². The Morgan fingerprint density at radius 2 is 1.86 bits per heavy atom. The Bertz CT molecular complexity index is 486. The van der Waals surface area contributed by atoms with Crippen molar-refractivity contribution in [3.8, 4) is 0 Å². The number of aliphatic hydroxyl groups is 1. The quantitative estimate of drug-likeness (QED) is 0.618. The Labute approximate surface area is 128 Å². The molecule has 10 nitrogen and oxygen atoms in total. The Morgan fingerprint density at radius 1 is 1.23 bits per heavy atom. The Balaban J connectivity index is 0.000000422. The van der Waals surface area contributed by atoms with Gasteiger partial charge in [0, 0.05) is 13.1 Å². The lowest BCUT2D eigenvalue weighted by Crippen LogP contribution is -2.38. The van der Waals surface area contributed by atoms with Crippen molar-refractivity contribution < 1.29 is 37.1 Å². The van der Waals surface area contributed by atoms with E-state index in [0.717, 1.165) is 0 Å². The number of β-amino-alcohol motifs (C(OH)–C–C–N with tert-alkyl or cyclic N) is 1. The van der Waals surface area contributed by atoms with E-state index in [9.17, 15) is 18.0 Å². The van der Waals surface area contributed by atoms with E-state index >= 15 is 0 Å². The molecule has 22 heavy (non-hydrogen) atoms. The summed E-state index contributed by atoms with van der Waals surface area (Å²) in [5, 5.41) is 8.85. The number of rotatable bonds is 5. The molecule has 2 aliphatic rings. The molecular formula is C11H20N2O8S. The highest BCUT2D eigenvalue weighted by Gasteiger charge is 2.33. The molecule has 0 saturated carbocycles. The molecule has 2 rings (SSSR count). The van der Waals surface area contributed by atoms with Crippen molar-refractivity contribution >= 4 is 22.3 Å². The van der Waals surface area contributed by atoms with Crippen LogP contribution in [0.1, 0.15) is 6.42 Å². The number of ether oxygens (including phenoxy) is 2. The molecule has 0 spiro atoms. The van der Waals surface area contributed by atoms with Gasteiger partial charge in [-0.25, -0.2) is 9.59 Å². The topological polar surface area (TPSA) is 134 Å². The third kappa shape index (κ3) is 6.45. The average Bonchev–Trinajstić information content (AvgIpc) is 2.94. The molecule has 2 aliphatic heterocycles. The van der Waals surface area contributed by atoms with Gasteiger partial charge in [-0.1, -0.05) is 0 Å². The monoisotopic (exact) mass is 340 g/mol. The number of aliphatic hydroxyl groups excluding tert-OH is 1. The van der Waals surface area contributed by atoms with Gasteiger partial charge in [0.2, 0.25) is 0 Å². The lowest BCUT2D eigenvalue weighted by molar-refractivity contribution is 0.146. The van der Waals surface area contributed by atoms with Crippen LogP contribution < -0.4 is 0 Å². The summed E-state index contributed by atoms with van der Waals surface area (Å²) >= 11 is 0. The molecule has 2 N–H and O–H groups in total. The second-order valence-electron chi connectivity index (χ2n) is 4.77. The largest absolute Gasteiger partial charge is 0.448 e. The van der Waals surface area contributed by atoms with E-state index in [1.165, 1.54) is 4.90 Å². The second kappa shape index (κ2) is 8.15. The van der Waals surface area contributed by atoms with Crippen LogP contribution in [0.2, 0.25) is 0 Å². The van der Waals surface area contributed by atoms with Gasteiger partial charge in [0.15, 0.2) is 0 Å². The molecule has 1 atom stereocenters. The molecule has 0 aromatic carbocycles. The number of hydrogen-bond acceptors (Lipinski definition) is 7. The minimum atomic E-state index is -3.67. The first-order valence-electron chi connectivity index (χ1n) is 6.60. The van der Waals surface area contributed by atoms with E-state index in [1.807, 2.05) is 0 Å². The van der Waals surface area contributed by atoms with Crippen LogP contribution in [0.5, 0.6) is 0 Å². The molecule has 128 valence electrons. The summed E-state index contributed by atoms with van der Waals surface area (Å²) in [5.41, 5.74) is 0. The highest BCUT2D eigenvalue weighted by Crippen LogP contribution is 2.16. The molecule has 2 heterocycles. The lowest BCUT2D eigenvalue weighted by atomic mass is 10.2. The summed E-state index contributed by atoms with van der Waals surface area (Å²) in [6.45, 7) is 2.08. The highest BCUT2D eigenvalue weighted by molar-refractivity contribution is 7.85. The zero-order valence-corrected chi connectivity index (χ0v) is 13.0. The number of carbonyl (C=O) groups is 2. The zero-order chi connectivity index (χ0) is 16.8. The van der Waals surface area contributed by atoms with Gasteiger partial charge < -0.3 is 19.5 Å². The number of hydrogen-bond donors (Lipinski definition) is 2. The fourth-order valence-electron chi connectivity index (χ4n) is 2.04. The average molecular weight is 340 g/mol. The predicted octanol–water partition coefficient (Wildman–Crippen LogP) is -0.854. The van der Waals surface area contributed by atoms with Gasteiger partial charge in [-0.2, -0.15) is 8.42 Å². The van der Waals surface area contributed by atoms with Crippen LogP contribution in [0, 0.1) is 0 Å². The van der Waals surface area contributed by atoms with Crippen molar-refractivity contribution in [2.75, 3.05) is 45.7 Å². The maximum atomic E-state index is 11.3. The summed E-state index contributed by atoms with van der Waals surface area (Å²) in [7, 11) is -3.67. The van der Waals surface area contributed by atoms with Crippen molar-refractivity contribution in [1.29, 1.82) is 0 Å². The minimum Gasteiger partial charge on any atom is -0.448 e. The van der Waals surface area contributed by atoms with Crippen molar-refractivity contribution in [2.24, 2.45) is 0 Å². The van der Waals surface area contributed by atoms with Crippen LogP contribution in [0.4, 0.5) is 9.59 Å². The van der Waals surface area contributed by atoms with Gasteiger partial charge in [0.1, 0.15) is 13.2 Å². The first kappa shape index (κ1) is 18.5. The van der Waals surface area contributed by atoms with E-state index in [2.05, 4.69) is 0 Å². The standard InChI is InChI=1S/C10H16N2O5.CH4O3S/c13-5-3-12-8(7-17-10(12)15)1-2-11-4-6-16-9(11)14;1-5(2,3)4/h8,13H,1-7H2;1H3,(H,2,3,4). The van der Waals surface area contributed by atoms with Gasteiger partial charge in [-0.15, -0.1) is 0 Å². The van der Waals surface area contributed by atoms with Crippen LogP contribution in [0.15, 0.2) is 0 Å². The molecule has 0 aromatic rings. The van der Waals surface area contributed by atoms with Crippen molar-refractivity contribution in [3.05, 3.63) is 0 Å². The van der Waals surface area contributed by atoms with Gasteiger partial charge in [0.05, 0.1) is 25.4 Å². The number of amides is 2. The molecule has 0 radical (unpaired) electrons. The molecule has 0 aromatic heterocycles. The normalized spacial score (nSPS) is 21.3. The van der Waals surface area contributed by atoms with Crippen LogP contribution in [0.3, 0.4) is 0 Å². The van der Waals surface area contributed by atoms with Gasteiger partial charge in [-0.05, 0) is 6.42 Å². The van der Waals surface area contributed by atoms with E-state index < -0.39 is 16.2 Å². The first-order chi connectivity index (χ1) is 10.2. The molecule has 2 fully saturated rings. The molecule has 2 saturated heterocycles. The SMILES string of the molecule is CS(=O)(=O)O.O=C1OCCN1CCC1COC(=O)N1CCO. The predicted molar refractivity (Wildman–Crippen MR) is 73.9 cm³/mol. The Morgan fingerprint density at radius 3 is 2.36 bits per heavy atom. The molecule has 2 amide bonds. The number of cyclic esters (lactones) is 2. The summed E-state index contributed by atoms with van der Waals surface area (Å²) in [5.74, 6) is 0. The second-order valence-corrected chi connectivity index (χ2v) is 6.24. The van der Waals surface area contributed by atoms with Gasteiger partial charge in [-0.3, -0.25) is 9.45 Å². The smallest absolute Gasteiger partial charge is 0.410 e. The van der Waals surface area contributed by atoms with E-state index in [0.29, 0.717) is 39.0 Å². The van der Waals surface area contributed by atoms with E-state index in [-0.39, 0.29) is 25.3 Å². The van der Waals surface area contributed by atoms with E-state index in [1.54, 1.807) is 4.90 Å². The van der Waals surface area contributed by atoms with Gasteiger partial charge >= 0.3 is 12.2 Å². The van der Waals surface area contributed by atoms with Crippen molar-refractivity contribution in [1.82, 2.24) is 9.80 Å². The van der Waals surface area contributed by atoms with Crippen LogP contribution in [-0.4, -0.2) is 91.8 Å². The molecule has 11 heteroatoms. The maximum Gasteiger partial charge on any atom is 0.410 e.